The summed E-state index contributed by atoms with van der Waals surface area (Å²) in [5.41, 5.74) is 0. The summed E-state index contributed by atoms with van der Waals surface area (Å²) in [5.74, 6) is -0.536. The number of rotatable bonds is 67. The molecule has 0 saturated heterocycles. The molecule has 3 unspecified atom stereocenters. The Kier molecular flexibility index (Phi) is 64.0. The van der Waals surface area contributed by atoms with Gasteiger partial charge in [-0.25, -0.2) is 0 Å². The summed E-state index contributed by atoms with van der Waals surface area (Å²) in [6.07, 6.45) is 88.6. The van der Waals surface area contributed by atoms with E-state index in [0.29, 0.717) is 17.4 Å². The third kappa shape index (κ3) is 67.4. The van der Waals surface area contributed by atoms with E-state index in [4.69, 9.17) is 13.8 Å². The lowest BCUT2D eigenvalue weighted by Crippen LogP contribution is -2.47. The molecule has 0 aromatic rings. The first kappa shape index (κ1) is 84.2. The Labute approximate surface area is 539 Å². The van der Waals surface area contributed by atoms with Gasteiger partial charge in [0.15, 0.2) is 0 Å². The number of carbonyl (C=O) groups excluding carboxylic acids is 2. The molecule has 0 aliphatic rings. The van der Waals surface area contributed by atoms with Crippen LogP contribution in [0.4, 0.5) is 0 Å². The summed E-state index contributed by atoms with van der Waals surface area (Å²) in [6.45, 7) is 6.76. The number of allylic oxidation sites excluding steroid dienone is 13. The van der Waals surface area contributed by atoms with Crippen LogP contribution in [0.15, 0.2) is 85.1 Å². The first-order valence-electron chi connectivity index (χ1n) is 36.9. The first-order valence-corrected chi connectivity index (χ1v) is 38.4. The molecule has 0 fully saturated rings. The highest BCUT2D eigenvalue weighted by molar-refractivity contribution is 7.45. The Morgan fingerprint density at radius 1 is 0.414 bits per heavy atom. The molecule has 0 rings (SSSR count). The van der Waals surface area contributed by atoms with Gasteiger partial charge >= 0.3 is 5.97 Å². The van der Waals surface area contributed by atoms with Crippen LogP contribution >= 0.6 is 7.82 Å². The van der Waals surface area contributed by atoms with Gasteiger partial charge in [0.25, 0.3) is 7.82 Å². The van der Waals surface area contributed by atoms with Gasteiger partial charge in [-0.2, -0.15) is 0 Å². The third-order valence-electron chi connectivity index (χ3n) is 16.3. The fourth-order valence-corrected chi connectivity index (χ4v) is 11.4. The largest absolute Gasteiger partial charge is 0.756 e. The molecule has 0 aromatic carbocycles. The summed E-state index contributed by atoms with van der Waals surface area (Å²) in [4.78, 5) is 40.2. The number of phosphoric acid groups is 1. The van der Waals surface area contributed by atoms with Gasteiger partial charge in [-0.05, 0) is 102 Å². The fraction of sp³-hybridized carbons (Fsp3) is 0.792. The van der Waals surface area contributed by atoms with Crippen molar-refractivity contribution in [2.24, 2.45) is 0 Å². The summed E-state index contributed by atoms with van der Waals surface area (Å²) in [6, 6.07) is -0.893. The van der Waals surface area contributed by atoms with Gasteiger partial charge in [-0.1, -0.05) is 312 Å². The molecule has 3 atom stereocenters. The minimum Gasteiger partial charge on any atom is -0.756 e. The van der Waals surface area contributed by atoms with E-state index in [2.05, 4.69) is 99.0 Å². The number of phosphoric ester groups is 1. The smallest absolute Gasteiger partial charge is 0.306 e. The third-order valence-corrected chi connectivity index (χ3v) is 17.3. The summed E-state index contributed by atoms with van der Waals surface area (Å²) in [7, 11) is 1.19. The molecule has 87 heavy (non-hydrogen) atoms. The summed E-state index contributed by atoms with van der Waals surface area (Å²) >= 11 is 0. The molecule has 1 amide bonds. The van der Waals surface area contributed by atoms with E-state index in [1.54, 1.807) is 0 Å². The van der Waals surface area contributed by atoms with E-state index in [1.807, 2.05) is 33.3 Å². The highest BCUT2D eigenvalue weighted by Crippen LogP contribution is 2.38. The lowest BCUT2D eigenvalue weighted by molar-refractivity contribution is -0.870. The van der Waals surface area contributed by atoms with Crippen LogP contribution in [0.2, 0.25) is 0 Å². The van der Waals surface area contributed by atoms with E-state index >= 15 is 0 Å². The molecule has 0 radical (unpaired) electrons. The highest BCUT2D eigenvalue weighted by atomic mass is 31.2. The Hall–Kier alpha value is -2.81. The maximum Gasteiger partial charge on any atom is 0.306 e. The molecule has 0 aliphatic carbocycles. The highest BCUT2D eigenvalue weighted by Gasteiger charge is 2.27. The summed E-state index contributed by atoms with van der Waals surface area (Å²) < 4.78 is 30.5. The fourth-order valence-electron chi connectivity index (χ4n) is 10.7. The lowest BCUT2D eigenvalue weighted by Gasteiger charge is -2.30. The Bertz CT molecular complexity index is 1760. The molecule has 506 valence electrons. The molecule has 9 nitrogen and oxygen atoms in total. The quantitative estimate of drug-likeness (QED) is 0.0212. The van der Waals surface area contributed by atoms with Crippen molar-refractivity contribution < 1.29 is 37.3 Å². The SMILES string of the molecule is CC/C=C\C/C=C\C/C=C\C/C=C\C/C=C\CCCCCCCCCCCCCC(=O)OC(/C=C/CCCCCCCCCCC)C(COP(=O)([O-])OCC[N+](C)(C)C)NC(=O)CCCCCCCCCCCCCCC/C=C/CCCCCCCC. The van der Waals surface area contributed by atoms with Gasteiger partial charge in [0.05, 0.1) is 33.8 Å². The number of nitrogens with zero attached hydrogens (tertiary/aromatic N) is 1. The van der Waals surface area contributed by atoms with Crippen LogP contribution in [0.3, 0.4) is 0 Å². The molecule has 0 spiro atoms. The van der Waals surface area contributed by atoms with Crippen LogP contribution in [0.5, 0.6) is 0 Å². The van der Waals surface area contributed by atoms with Gasteiger partial charge in [0.1, 0.15) is 19.3 Å². The van der Waals surface area contributed by atoms with Crippen molar-refractivity contribution in [2.45, 2.75) is 354 Å². The molecule has 0 aromatic heterocycles. The van der Waals surface area contributed by atoms with Crippen LogP contribution in [0.25, 0.3) is 0 Å². The minimum atomic E-state index is -4.71. The van der Waals surface area contributed by atoms with Gasteiger partial charge in [-0.3, -0.25) is 14.2 Å². The standard InChI is InChI=1S/C77H141N2O7P/c1-7-10-13-16-19-22-25-27-29-31-33-35-37-38-39-40-42-44-46-48-50-52-55-58-61-64-67-70-77(81)86-75(68-65-62-59-56-53-24-21-18-15-12-9-3)74(73-85-87(82,83)84-72-71-79(4,5)6)78-76(80)69-66-63-60-57-54-51-49-47-45-43-41-36-34-32-30-28-26-23-20-17-14-11-8-2/h10,13,19,22,27-30,33,35,38-39,65,68,74-75H,7-9,11-12,14-18,20-21,23-26,31-32,34,36-37,40-64,66-67,69-73H2,1-6H3,(H-,78,80,82,83)/b13-10-,22-19-,29-27-,30-28+,35-33-,39-38-,68-65+. The van der Waals surface area contributed by atoms with Crippen molar-refractivity contribution >= 4 is 19.7 Å². The van der Waals surface area contributed by atoms with E-state index in [1.165, 1.54) is 218 Å². The van der Waals surface area contributed by atoms with Gasteiger partial charge in [-0.15, -0.1) is 0 Å². The second-order valence-electron chi connectivity index (χ2n) is 26.1. The lowest BCUT2D eigenvalue weighted by atomic mass is 10.0. The van der Waals surface area contributed by atoms with Crippen LogP contribution in [0, 0.1) is 0 Å². The van der Waals surface area contributed by atoms with Crippen molar-refractivity contribution in [1.82, 2.24) is 5.32 Å². The molecule has 0 bridgehead atoms. The molecule has 0 aliphatic heterocycles. The van der Waals surface area contributed by atoms with Gasteiger partial charge < -0.3 is 28.5 Å². The molecule has 1 N–H and O–H groups in total. The summed E-state index contributed by atoms with van der Waals surface area (Å²) in [5, 5.41) is 3.05. The number of amides is 1. The number of nitrogens with one attached hydrogen (secondary N) is 1. The normalized spacial score (nSPS) is 14.0. The first-order chi connectivity index (χ1) is 42.4. The molecule has 0 heterocycles. The second kappa shape index (κ2) is 66.1. The number of hydrogen-bond acceptors (Lipinski definition) is 7. The second-order valence-corrected chi connectivity index (χ2v) is 27.5. The van der Waals surface area contributed by atoms with E-state index in [9.17, 15) is 19.0 Å². The number of likely N-dealkylation sites (N-methyl/N-ethyl adjacent to an activating group) is 1. The van der Waals surface area contributed by atoms with Crippen molar-refractivity contribution in [3.63, 3.8) is 0 Å². The number of esters is 1. The zero-order valence-corrected chi connectivity index (χ0v) is 58.9. The predicted molar refractivity (Wildman–Crippen MR) is 376 cm³/mol. The maximum absolute atomic E-state index is 13.6. The minimum absolute atomic E-state index is 0.0241. The number of ether oxygens (including phenoxy) is 1. The predicted octanol–water partition coefficient (Wildman–Crippen LogP) is 23.0. The average molecular weight is 1240 g/mol. The van der Waals surface area contributed by atoms with Gasteiger partial charge in [0.2, 0.25) is 5.91 Å². The Balaban J connectivity index is 4.97. The van der Waals surface area contributed by atoms with Crippen LogP contribution in [0.1, 0.15) is 342 Å². The number of unbranched alkanes of at least 4 members (excludes halogenated alkanes) is 39. The van der Waals surface area contributed by atoms with Crippen LogP contribution < -0.4 is 10.2 Å². The van der Waals surface area contributed by atoms with Crippen molar-refractivity contribution in [1.29, 1.82) is 0 Å². The average Bonchev–Trinajstić information content (AvgIpc) is 3.70. The van der Waals surface area contributed by atoms with Crippen LogP contribution in [-0.4, -0.2) is 69.4 Å². The van der Waals surface area contributed by atoms with Crippen molar-refractivity contribution in [3.8, 4) is 0 Å². The molecule has 0 saturated carbocycles. The monoisotopic (exact) mass is 1240 g/mol. The topological polar surface area (TPSA) is 114 Å². The zero-order chi connectivity index (χ0) is 63.5. The number of quaternary nitrogens is 1. The Morgan fingerprint density at radius 2 is 0.736 bits per heavy atom. The van der Waals surface area contributed by atoms with E-state index in [0.717, 1.165) is 89.9 Å². The van der Waals surface area contributed by atoms with Crippen molar-refractivity contribution in [2.75, 3.05) is 40.9 Å². The maximum atomic E-state index is 13.6. The van der Waals surface area contributed by atoms with Crippen LogP contribution in [-0.2, 0) is 27.9 Å². The molecule has 10 heteroatoms. The van der Waals surface area contributed by atoms with Gasteiger partial charge in [0, 0.05) is 12.8 Å². The Morgan fingerprint density at radius 3 is 1.11 bits per heavy atom. The zero-order valence-electron chi connectivity index (χ0n) is 58.0. The number of hydrogen-bond donors (Lipinski definition) is 1. The molecular weight excluding hydrogens is 1100 g/mol. The van der Waals surface area contributed by atoms with E-state index in [-0.39, 0.29) is 31.5 Å². The number of carbonyl (C=O) groups is 2. The van der Waals surface area contributed by atoms with E-state index < -0.39 is 20.0 Å². The molecular formula is C77H141N2O7P. The van der Waals surface area contributed by atoms with Crippen molar-refractivity contribution in [3.05, 3.63) is 85.1 Å².